The highest BCUT2D eigenvalue weighted by atomic mass is 127. The summed E-state index contributed by atoms with van der Waals surface area (Å²) in [7, 11) is 8.03. The molecule has 0 bridgehead atoms. The average Bonchev–Trinajstić information content (AvgIpc) is 1.87. The second-order valence-corrected chi connectivity index (χ2v) is 2.97. The third kappa shape index (κ3) is 5.62. The van der Waals surface area contributed by atoms with E-state index in [4.69, 9.17) is 0 Å². The van der Waals surface area contributed by atoms with E-state index >= 15 is 0 Å². The molecule has 0 radical (unpaired) electrons. The summed E-state index contributed by atoms with van der Waals surface area (Å²) in [5, 5.41) is 0. The summed E-state index contributed by atoms with van der Waals surface area (Å²) < 4.78 is 0. The van der Waals surface area contributed by atoms with Gasteiger partial charge in [0.15, 0.2) is 5.96 Å². The first-order valence-electron chi connectivity index (χ1n) is 3.98. The molecule has 0 saturated carbocycles. The Bertz CT molecular complexity index is 122. The van der Waals surface area contributed by atoms with Crippen molar-refractivity contribution >= 4 is 29.9 Å². The van der Waals surface area contributed by atoms with Gasteiger partial charge in [0.1, 0.15) is 0 Å². The van der Waals surface area contributed by atoms with Crippen molar-refractivity contribution in [3.63, 3.8) is 0 Å². The van der Waals surface area contributed by atoms with Crippen molar-refractivity contribution in [2.45, 2.75) is 13.3 Å². The second-order valence-electron chi connectivity index (χ2n) is 2.97. The van der Waals surface area contributed by atoms with Crippen LogP contribution in [-0.4, -0.2) is 50.5 Å². The molecule has 0 amide bonds. The van der Waals surface area contributed by atoms with Crippen molar-refractivity contribution in [1.82, 2.24) is 9.80 Å². The van der Waals surface area contributed by atoms with Gasteiger partial charge in [0, 0.05) is 34.7 Å². The lowest BCUT2D eigenvalue weighted by atomic mass is 10.5. The van der Waals surface area contributed by atoms with E-state index in [0.29, 0.717) is 0 Å². The predicted octanol–water partition coefficient (Wildman–Crippen LogP) is 1.49. The Balaban J connectivity index is 0. The number of hydrogen-bond donors (Lipinski definition) is 0. The van der Waals surface area contributed by atoms with E-state index in [1.54, 1.807) is 0 Å². The van der Waals surface area contributed by atoms with E-state index in [0.717, 1.165) is 18.9 Å². The van der Waals surface area contributed by atoms with Crippen LogP contribution in [0, 0.1) is 0 Å². The maximum atomic E-state index is 4.41. The fourth-order valence-electron chi connectivity index (χ4n) is 0.895. The maximum Gasteiger partial charge on any atom is 0.195 e. The molecular formula is C8H20IN3. The summed E-state index contributed by atoms with van der Waals surface area (Å²) in [6.45, 7) is 3.04. The molecule has 0 aromatic heterocycles. The first-order chi connectivity index (χ1) is 5.09. The number of guanidine groups is 1. The number of hydrogen-bond acceptors (Lipinski definition) is 1. The Labute approximate surface area is 92.9 Å². The second kappa shape index (κ2) is 7.64. The van der Waals surface area contributed by atoms with Crippen LogP contribution in [0.25, 0.3) is 0 Å². The molecular weight excluding hydrogens is 265 g/mol. The van der Waals surface area contributed by atoms with Gasteiger partial charge in [-0.05, 0) is 6.42 Å². The van der Waals surface area contributed by atoms with Crippen molar-refractivity contribution in [2.75, 3.05) is 34.7 Å². The van der Waals surface area contributed by atoms with Crippen LogP contribution >= 0.6 is 24.0 Å². The highest BCUT2D eigenvalue weighted by Crippen LogP contribution is 1.89. The molecule has 0 heterocycles. The largest absolute Gasteiger partial charge is 0.349 e. The summed E-state index contributed by atoms with van der Waals surface area (Å²) in [6, 6.07) is 0. The third-order valence-corrected chi connectivity index (χ3v) is 1.28. The Kier molecular flexibility index (Phi) is 9.24. The van der Waals surface area contributed by atoms with Crippen LogP contribution < -0.4 is 0 Å². The Morgan fingerprint density at radius 3 is 1.75 bits per heavy atom. The van der Waals surface area contributed by atoms with Gasteiger partial charge in [-0.3, -0.25) is 4.99 Å². The van der Waals surface area contributed by atoms with Gasteiger partial charge < -0.3 is 9.80 Å². The van der Waals surface area contributed by atoms with Gasteiger partial charge in [0.05, 0.1) is 0 Å². The first-order valence-corrected chi connectivity index (χ1v) is 3.98. The van der Waals surface area contributed by atoms with Crippen molar-refractivity contribution in [3.05, 3.63) is 0 Å². The van der Waals surface area contributed by atoms with Crippen molar-refractivity contribution in [2.24, 2.45) is 4.99 Å². The zero-order chi connectivity index (χ0) is 8.85. The fourth-order valence-corrected chi connectivity index (χ4v) is 0.895. The standard InChI is InChI=1S/C8H19N3.HI/c1-6-7-9-8(10(2)3)11(4)5;/h6-7H2,1-5H3;1H. The predicted molar refractivity (Wildman–Crippen MR) is 65.4 cm³/mol. The van der Waals surface area contributed by atoms with Gasteiger partial charge >= 0.3 is 0 Å². The zero-order valence-electron chi connectivity index (χ0n) is 8.66. The van der Waals surface area contributed by atoms with Crippen molar-refractivity contribution in [3.8, 4) is 0 Å². The molecule has 3 nitrogen and oxygen atoms in total. The summed E-state index contributed by atoms with van der Waals surface area (Å²) in [5.41, 5.74) is 0. The summed E-state index contributed by atoms with van der Waals surface area (Å²) in [5.74, 6) is 1.03. The van der Waals surface area contributed by atoms with Gasteiger partial charge in [0.2, 0.25) is 0 Å². The number of rotatable bonds is 2. The van der Waals surface area contributed by atoms with Crippen molar-refractivity contribution in [1.29, 1.82) is 0 Å². The molecule has 0 aromatic carbocycles. The molecule has 4 heteroatoms. The summed E-state index contributed by atoms with van der Waals surface area (Å²) >= 11 is 0. The van der Waals surface area contributed by atoms with Crippen LogP contribution in [0.5, 0.6) is 0 Å². The molecule has 0 unspecified atom stereocenters. The molecule has 0 aliphatic heterocycles. The fraction of sp³-hybridized carbons (Fsp3) is 0.875. The quantitative estimate of drug-likeness (QED) is 0.435. The highest BCUT2D eigenvalue weighted by Gasteiger charge is 2.01. The van der Waals surface area contributed by atoms with Crippen LogP contribution in [0.15, 0.2) is 4.99 Å². The van der Waals surface area contributed by atoms with E-state index in [2.05, 4.69) is 11.9 Å². The van der Waals surface area contributed by atoms with Gasteiger partial charge in [-0.15, -0.1) is 24.0 Å². The van der Waals surface area contributed by atoms with Gasteiger partial charge in [-0.2, -0.15) is 0 Å². The number of halogens is 1. The van der Waals surface area contributed by atoms with Crippen LogP contribution in [0.1, 0.15) is 13.3 Å². The molecule has 0 rings (SSSR count). The first kappa shape index (κ1) is 14.5. The monoisotopic (exact) mass is 285 g/mol. The third-order valence-electron chi connectivity index (χ3n) is 1.28. The molecule has 0 N–H and O–H groups in total. The van der Waals surface area contributed by atoms with E-state index in [-0.39, 0.29) is 24.0 Å². The van der Waals surface area contributed by atoms with Crippen LogP contribution in [0.2, 0.25) is 0 Å². The van der Waals surface area contributed by atoms with Crippen LogP contribution in [0.4, 0.5) is 0 Å². The Morgan fingerprint density at radius 1 is 1.08 bits per heavy atom. The molecule has 0 spiro atoms. The number of aliphatic imine (C=N–C) groups is 1. The van der Waals surface area contributed by atoms with Gasteiger partial charge in [-0.25, -0.2) is 0 Å². The normalized spacial score (nSPS) is 8.42. The molecule has 74 valence electrons. The summed E-state index contributed by atoms with van der Waals surface area (Å²) in [4.78, 5) is 8.46. The van der Waals surface area contributed by atoms with Crippen LogP contribution in [-0.2, 0) is 0 Å². The van der Waals surface area contributed by atoms with E-state index in [9.17, 15) is 0 Å². The highest BCUT2D eigenvalue weighted by molar-refractivity contribution is 14.0. The number of nitrogens with zero attached hydrogens (tertiary/aromatic N) is 3. The minimum atomic E-state index is 0. The lowest BCUT2D eigenvalue weighted by Crippen LogP contribution is -2.35. The SMILES string of the molecule is CCCN=C(N(C)C)N(C)C.I. The Morgan fingerprint density at radius 2 is 1.50 bits per heavy atom. The summed E-state index contributed by atoms with van der Waals surface area (Å²) in [6.07, 6.45) is 1.10. The smallest absolute Gasteiger partial charge is 0.195 e. The van der Waals surface area contributed by atoms with E-state index in [1.807, 2.05) is 38.0 Å². The lowest BCUT2D eigenvalue weighted by molar-refractivity contribution is 0.479. The minimum absolute atomic E-state index is 0. The van der Waals surface area contributed by atoms with E-state index < -0.39 is 0 Å². The van der Waals surface area contributed by atoms with Gasteiger partial charge in [-0.1, -0.05) is 6.92 Å². The molecule has 0 aromatic rings. The van der Waals surface area contributed by atoms with E-state index in [1.165, 1.54) is 0 Å². The molecule has 0 saturated heterocycles. The molecule has 0 atom stereocenters. The molecule has 12 heavy (non-hydrogen) atoms. The topological polar surface area (TPSA) is 18.8 Å². The Hall–Kier alpha value is 0. The lowest BCUT2D eigenvalue weighted by Gasteiger charge is -2.22. The van der Waals surface area contributed by atoms with Crippen molar-refractivity contribution < 1.29 is 0 Å². The van der Waals surface area contributed by atoms with Gasteiger partial charge in [0.25, 0.3) is 0 Å². The molecule has 0 aliphatic rings. The molecule has 0 fully saturated rings. The zero-order valence-corrected chi connectivity index (χ0v) is 11.0. The minimum Gasteiger partial charge on any atom is -0.349 e. The average molecular weight is 285 g/mol. The van der Waals surface area contributed by atoms with Crippen LogP contribution in [0.3, 0.4) is 0 Å². The molecule has 0 aliphatic carbocycles. The maximum absolute atomic E-state index is 4.41.